The number of nitro benzene ring substituents is 1. The highest BCUT2D eigenvalue weighted by molar-refractivity contribution is 9.10. The third-order valence-electron chi connectivity index (χ3n) is 3.04. The zero-order valence-corrected chi connectivity index (χ0v) is 12.8. The van der Waals surface area contributed by atoms with Gasteiger partial charge >= 0.3 is 0 Å². The van der Waals surface area contributed by atoms with Crippen molar-refractivity contribution in [3.8, 4) is 0 Å². The van der Waals surface area contributed by atoms with E-state index in [4.69, 9.17) is 5.11 Å². The first-order valence-corrected chi connectivity index (χ1v) is 7.30. The van der Waals surface area contributed by atoms with Crippen molar-refractivity contribution >= 4 is 38.1 Å². The minimum Gasteiger partial charge on any atom is -0.396 e. The molecule has 0 bridgehead atoms. The van der Waals surface area contributed by atoms with Crippen LogP contribution in [-0.2, 0) is 0 Å². The summed E-state index contributed by atoms with van der Waals surface area (Å²) in [4.78, 5) is 10.8. The van der Waals surface area contributed by atoms with Gasteiger partial charge in [0.25, 0.3) is 5.69 Å². The Balaban J connectivity index is 2.40. The first-order chi connectivity index (χ1) is 10.1. The van der Waals surface area contributed by atoms with Gasteiger partial charge in [0.15, 0.2) is 0 Å². The van der Waals surface area contributed by atoms with Crippen molar-refractivity contribution in [2.75, 3.05) is 18.5 Å². The number of halogens is 1. The van der Waals surface area contributed by atoms with E-state index in [9.17, 15) is 10.1 Å². The SMILES string of the molecule is O=[N+]([O-])c1ccc2c(Br)cccc2c1NC/C=C/CCO. The number of aliphatic hydroxyl groups is 1. The number of nitrogens with zero attached hydrogens (tertiary/aromatic N) is 1. The van der Waals surface area contributed by atoms with E-state index in [1.807, 2.05) is 30.4 Å². The molecule has 110 valence electrons. The molecule has 21 heavy (non-hydrogen) atoms. The average molecular weight is 351 g/mol. The van der Waals surface area contributed by atoms with Crippen LogP contribution in [0.4, 0.5) is 11.4 Å². The molecule has 6 heteroatoms. The van der Waals surface area contributed by atoms with E-state index in [1.54, 1.807) is 6.07 Å². The van der Waals surface area contributed by atoms with Gasteiger partial charge in [-0.3, -0.25) is 10.1 Å². The van der Waals surface area contributed by atoms with Crippen LogP contribution in [0.15, 0.2) is 47.0 Å². The molecule has 2 N–H and O–H groups in total. The van der Waals surface area contributed by atoms with Gasteiger partial charge in [-0.2, -0.15) is 0 Å². The second kappa shape index (κ2) is 7.19. The summed E-state index contributed by atoms with van der Waals surface area (Å²) >= 11 is 3.46. The van der Waals surface area contributed by atoms with Gasteiger partial charge in [0.1, 0.15) is 5.69 Å². The van der Waals surface area contributed by atoms with Crippen LogP contribution in [0.2, 0.25) is 0 Å². The molecule has 0 saturated carbocycles. The Labute approximate surface area is 130 Å². The number of fused-ring (bicyclic) bond motifs is 1. The van der Waals surface area contributed by atoms with Gasteiger partial charge in [-0.05, 0) is 23.9 Å². The van der Waals surface area contributed by atoms with Gasteiger partial charge in [-0.1, -0.05) is 40.2 Å². The molecule has 0 atom stereocenters. The van der Waals surface area contributed by atoms with Crippen molar-refractivity contribution in [2.45, 2.75) is 6.42 Å². The van der Waals surface area contributed by atoms with Crippen molar-refractivity contribution in [1.82, 2.24) is 0 Å². The molecule has 2 aromatic rings. The van der Waals surface area contributed by atoms with Crippen molar-refractivity contribution in [3.63, 3.8) is 0 Å². The van der Waals surface area contributed by atoms with Gasteiger partial charge in [-0.15, -0.1) is 0 Å². The van der Waals surface area contributed by atoms with E-state index in [0.717, 1.165) is 15.2 Å². The predicted octanol–water partition coefficient (Wildman–Crippen LogP) is 3.86. The van der Waals surface area contributed by atoms with Crippen LogP contribution in [0.5, 0.6) is 0 Å². The first kappa shape index (κ1) is 15.5. The Morgan fingerprint density at radius 2 is 2.05 bits per heavy atom. The highest BCUT2D eigenvalue weighted by Crippen LogP contribution is 2.36. The van der Waals surface area contributed by atoms with Crippen molar-refractivity contribution in [2.24, 2.45) is 0 Å². The fraction of sp³-hybridized carbons (Fsp3) is 0.200. The summed E-state index contributed by atoms with van der Waals surface area (Å²) in [6, 6.07) is 8.85. The van der Waals surface area contributed by atoms with Gasteiger partial charge in [0.05, 0.1) is 4.92 Å². The zero-order chi connectivity index (χ0) is 15.2. The Morgan fingerprint density at radius 3 is 2.76 bits per heavy atom. The molecule has 0 spiro atoms. The highest BCUT2D eigenvalue weighted by atomic mass is 79.9. The zero-order valence-electron chi connectivity index (χ0n) is 11.3. The van der Waals surface area contributed by atoms with E-state index >= 15 is 0 Å². The number of benzene rings is 2. The number of hydrogen-bond donors (Lipinski definition) is 2. The molecule has 0 saturated heterocycles. The van der Waals surface area contributed by atoms with Crippen molar-refractivity contribution in [1.29, 1.82) is 0 Å². The normalized spacial score (nSPS) is 11.1. The third-order valence-corrected chi connectivity index (χ3v) is 3.73. The summed E-state index contributed by atoms with van der Waals surface area (Å²) in [6.45, 7) is 0.560. The topological polar surface area (TPSA) is 75.4 Å². The lowest BCUT2D eigenvalue weighted by molar-refractivity contribution is -0.383. The highest BCUT2D eigenvalue weighted by Gasteiger charge is 2.16. The number of nitrogens with one attached hydrogen (secondary N) is 1. The van der Waals surface area contributed by atoms with Crippen molar-refractivity contribution < 1.29 is 10.0 Å². The summed E-state index contributed by atoms with van der Waals surface area (Å²) in [7, 11) is 0. The maximum absolute atomic E-state index is 11.2. The van der Waals surface area contributed by atoms with E-state index in [2.05, 4.69) is 21.2 Å². The number of nitro groups is 1. The molecule has 2 aromatic carbocycles. The molecular formula is C15H15BrN2O3. The Bertz CT molecular complexity index is 686. The summed E-state index contributed by atoms with van der Waals surface area (Å²) in [5.74, 6) is 0. The summed E-state index contributed by atoms with van der Waals surface area (Å²) in [5.41, 5.74) is 0.559. The van der Waals surface area contributed by atoms with Crippen LogP contribution in [0.25, 0.3) is 10.8 Å². The smallest absolute Gasteiger partial charge is 0.292 e. The molecule has 0 aliphatic heterocycles. The molecule has 0 heterocycles. The van der Waals surface area contributed by atoms with Crippen LogP contribution in [0, 0.1) is 10.1 Å². The second-order valence-electron chi connectivity index (χ2n) is 4.42. The van der Waals surface area contributed by atoms with E-state index < -0.39 is 0 Å². The van der Waals surface area contributed by atoms with Gasteiger partial charge < -0.3 is 10.4 Å². The molecule has 0 unspecified atom stereocenters. The largest absolute Gasteiger partial charge is 0.396 e. The molecule has 0 radical (unpaired) electrons. The van der Waals surface area contributed by atoms with Crippen LogP contribution in [-0.4, -0.2) is 23.2 Å². The van der Waals surface area contributed by atoms with Crippen LogP contribution >= 0.6 is 15.9 Å². The predicted molar refractivity (Wildman–Crippen MR) is 87.6 cm³/mol. The van der Waals surface area contributed by atoms with Gasteiger partial charge in [0, 0.05) is 29.1 Å². The molecule has 0 aliphatic rings. The molecule has 0 aromatic heterocycles. The molecular weight excluding hydrogens is 336 g/mol. The Morgan fingerprint density at radius 1 is 1.24 bits per heavy atom. The standard InChI is InChI=1S/C15H15BrN2O3/c16-13-6-4-5-12-11(13)7-8-14(18(20)21)15(12)17-9-2-1-3-10-19/h1-2,4-8,17,19H,3,9-10H2/b2-1+. The Hall–Kier alpha value is -1.92. The molecule has 0 aliphatic carbocycles. The fourth-order valence-corrected chi connectivity index (χ4v) is 2.58. The molecule has 0 fully saturated rings. The number of aliphatic hydroxyl groups excluding tert-OH is 1. The summed E-state index contributed by atoms with van der Waals surface area (Å²) in [5, 5.41) is 24.7. The first-order valence-electron chi connectivity index (χ1n) is 6.50. The van der Waals surface area contributed by atoms with Crippen molar-refractivity contribution in [3.05, 3.63) is 57.1 Å². The minimum absolute atomic E-state index is 0.0520. The molecule has 0 amide bonds. The van der Waals surface area contributed by atoms with E-state index in [-0.39, 0.29) is 17.2 Å². The monoisotopic (exact) mass is 350 g/mol. The van der Waals surface area contributed by atoms with Crippen LogP contribution in [0.1, 0.15) is 6.42 Å². The maximum Gasteiger partial charge on any atom is 0.292 e. The molecule has 2 rings (SSSR count). The fourth-order valence-electron chi connectivity index (χ4n) is 2.08. The van der Waals surface area contributed by atoms with E-state index in [0.29, 0.717) is 18.7 Å². The molecule has 5 nitrogen and oxygen atoms in total. The van der Waals surface area contributed by atoms with E-state index in [1.165, 1.54) is 6.07 Å². The summed E-state index contributed by atoms with van der Waals surface area (Å²) in [6.07, 6.45) is 4.25. The number of hydrogen-bond acceptors (Lipinski definition) is 4. The lowest BCUT2D eigenvalue weighted by Crippen LogP contribution is -2.03. The van der Waals surface area contributed by atoms with Gasteiger partial charge in [-0.25, -0.2) is 0 Å². The van der Waals surface area contributed by atoms with Gasteiger partial charge in [0.2, 0.25) is 0 Å². The second-order valence-corrected chi connectivity index (χ2v) is 5.27. The Kier molecular flexibility index (Phi) is 5.30. The quantitative estimate of drug-likeness (QED) is 0.471. The van der Waals surface area contributed by atoms with Crippen LogP contribution in [0.3, 0.4) is 0 Å². The summed E-state index contributed by atoms with van der Waals surface area (Å²) < 4.78 is 0.897. The lowest BCUT2D eigenvalue weighted by Gasteiger charge is -2.10. The third kappa shape index (κ3) is 3.59. The van der Waals surface area contributed by atoms with Crippen LogP contribution < -0.4 is 5.32 Å². The number of rotatable bonds is 6. The lowest BCUT2D eigenvalue weighted by atomic mass is 10.1. The average Bonchev–Trinajstić information content (AvgIpc) is 2.47. The number of anilines is 1. The maximum atomic E-state index is 11.2. The minimum atomic E-state index is -0.389.